The number of hydrogen-bond acceptors (Lipinski definition) is 3. The van der Waals surface area contributed by atoms with Gasteiger partial charge in [0.05, 0.1) is 0 Å². The van der Waals surface area contributed by atoms with Gasteiger partial charge in [0.2, 0.25) is 0 Å². The number of aromatic nitrogens is 3. The van der Waals surface area contributed by atoms with Crippen molar-refractivity contribution in [3.8, 4) is 0 Å². The van der Waals surface area contributed by atoms with Gasteiger partial charge in [-0.3, -0.25) is 4.79 Å². The molecule has 0 saturated heterocycles. The first-order valence-corrected chi connectivity index (χ1v) is 4.43. The number of alkyl halides is 5. The number of aryl methyl sites for hydroxylation is 1. The molecule has 0 aliphatic carbocycles. The van der Waals surface area contributed by atoms with E-state index in [1.807, 2.05) is 0 Å². The molecule has 0 atom stereocenters. The minimum Gasteiger partial charge on any atom is -0.285 e. The third kappa shape index (κ3) is 1.93. The number of carbonyl (C=O) groups is 1. The largest absolute Gasteiger partial charge is 0.461 e. The van der Waals surface area contributed by atoms with Crippen molar-refractivity contribution in [2.45, 2.75) is 12.1 Å². The van der Waals surface area contributed by atoms with Crippen LogP contribution in [0.25, 0.3) is 0 Å². The number of Topliss-reactive ketones (excluding diaryl/α,β-unsaturated/α-hetero) is 1. The second-order valence-corrected chi connectivity index (χ2v) is 3.50. The van der Waals surface area contributed by atoms with Crippen LogP contribution in [-0.4, -0.2) is 32.9 Å². The quantitative estimate of drug-likeness (QED) is 0.620. The first kappa shape index (κ1) is 13.0. The zero-order chi connectivity index (χ0) is 12.7. The zero-order valence-electron chi connectivity index (χ0n) is 7.52. The monoisotopic (exact) mass is 307 g/mol. The average molecular weight is 308 g/mol. The summed E-state index contributed by atoms with van der Waals surface area (Å²) in [4.78, 5) is 11.0. The molecule has 0 aliphatic heterocycles. The lowest BCUT2D eigenvalue weighted by molar-refractivity contribution is -0.256. The van der Waals surface area contributed by atoms with E-state index >= 15 is 0 Å². The normalized spacial score (nSPS) is 12.9. The maximum absolute atomic E-state index is 12.7. The van der Waals surface area contributed by atoms with E-state index in [1.165, 1.54) is 0 Å². The minimum atomic E-state index is -5.95. The summed E-state index contributed by atoms with van der Waals surface area (Å²) in [6, 6.07) is 0. The third-order valence-electron chi connectivity index (χ3n) is 1.64. The Kier molecular flexibility index (Phi) is 3.05. The molecule has 90 valence electrons. The zero-order valence-corrected chi connectivity index (χ0v) is 9.10. The molecule has 4 nitrogen and oxygen atoms in total. The van der Waals surface area contributed by atoms with Crippen LogP contribution < -0.4 is 0 Å². The van der Waals surface area contributed by atoms with E-state index in [9.17, 15) is 26.7 Å². The SMILES string of the molecule is Cn1nnc(Br)c1C(=O)C(F)(F)C(F)(F)F. The van der Waals surface area contributed by atoms with Crippen LogP contribution in [0.4, 0.5) is 22.0 Å². The molecule has 1 aromatic heterocycles. The molecule has 10 heteroatoms. The molecule has 1 aromatic rings. The summed E-state index contributed by atoms with van der Waals surface area (Å²) in [5.74, 6) is -7.87. The average Bonchev–Trinajstić information content (AvgIpc) is 2.43. The van der Waals surface area contributed by atoms with E-state index in [4.69, 9.17) is 0 Å². The summed E-state index contributed by atoms with van der Waals surface area (Å²) in [7, 11) is 1.03. The Hall–Kier alpha value is -1.06. The molecular formula is C6H3BrF5N3O. The highest BCUT2D eigenvalue weighted by atomic mass is 79.9. The highest BCUT2D eigenvalue weighted by molar-refractivity contribution is 9.10. The number of rotatable bonds is 2. The summed E-state index contributed by atoms with van der Waals surface area (Å²) in [6.07, 6.45) is -5.95. The van der Waals surface area contributed by atoms with Gasteiger partial charge in [-0.25, -0.2) is 4.68 Å². The van der Waals surface area contributed by atoms with Crippen molar-refractivity contribution in [2.75, 3.05) is 0 Å². The molecule has 0 bridgehead atoms. The van der Waals surface area contributed by atoms with Crippen LogP contribution in [0.3, 0.4) is 0 Å². The Morgan fingerprint density at radius 3 is 2.12 bits per heavy atom. The van der Waals surface area contributed by atoms with Gasteiger partial charge in [0.15, 0.2) is 4.60 Å². The highest BCUT2D eigenvalue weighted by Crippen LogP contribution is 2.38. The fourth-order valence-electron chi connectivity index (χ4n) is 0.850. The van der Waals surface area contributed by atoms with Gasteiger partial charge in [0.25, 0.3) is 5.78 Å². The minimum absolute atomic E-state index is 0.469. The molecular weight excluding hydrogens is 305 g/mol. The Balaban J connectivity index is 3.23. The van der Waals surface area contributed by atoms with Crippen LogP contribution in [0, 0.1) is 0 Å². The van der Waals surface area contributed by atoms with Crippen molar-refractivity contribution in [1.29, 1.82) is 0 Å². The summed E-state index contributed by atoms with van der Waals surface area (Å²) in [5.41, 5.74) is -0.942. The number of halogens is 6. The number of nitrogens with zero attached hydrogens (tertiary/aromatic N) is 3. The Morgan fingerprint density at radius 2 is 1.81 bits per heavy atom. The maximum atomic E-state index is 12.7. The Morgan fingerprint density at radius 1 is 1.31 bits per heavy atom. The van der Waals surface area contributed by atoms with Crippen LogP contribution >= 0.6 is 15.9 Å². The van der Waals surface area contributed by atoms with Crippen molar-refractivity contribution in [3.05, 3.63) is 10.3 Å². The van der Waals surface area contributed by atoms with E-state index in [0.717, 1.165) is 7.05 Å². The van der Waals surface area contributed by atoms with Crippen molar-refractivity contribution in [1.82, 2.24) is 15.0 Å². The van der Waals surface area contributed by atoms with Crippen LogP contribution in [0.5, 0.6) is 0 Å². The standard InChI is InChI=1S/C6H3BrF5N3O/c1-15-2(4(7)13-14-15)3(16)5(8,9)6(10,11)12/h1H3. The van der Waals surface area contributed by atoms with Gasteiger partial charge in [-0.2, -0.15) is 22.0 Å². The molecule has 0 spiro atoms. The Bertz CT molecular complexity index is 407. The van der Waals surface area contributed by atoms with Crippen LogP contribution in [-0.2, 0) is 7.05 Å². The number of ketones is 1. The van der Waals surface area contributed by atoms with Crippen molar-refractivity contribution in [3.63, 3.8) is 0 Å². The lowest BCUT2D eigenvalue weighted by atomic mass is 10.1. The van der Waals surface area contributed by atoms with Gasteiger partial charge >= 0.3 is 12.1 Å². The first-order valence-electron chi connectivity index (χ1n) is 3.63. The van der Waals surface area contributed by atoms with Crippen molar-refractivity contribution in [2.24, 2.45) is 7.05 Å². The molecule has 0 radical (unpaired) electrons. The molecule has 16 heavy (non-hydrogen) atoms. The fourth-order valence-corrected chi connectivity index (χ4v) is 1.36. The van der Waals surface area contributed by atoms with Crippen LogP contribution in [0.1, 0.15) is 10.5 Å². The summed E-state index contributed by atoms with van der Waals surface area (Å²) >= 11 is 2.56. The van der Waals surface area contributed by atoms with E-state index < -0.39 is 28.2 Å². The molecule has 0 N–H and O–H groups in total. The van der Waals surface area contributed by atoms with E-state index in [2.05, 4.69) is 26.2 Å². The van der Waals surface area contributed by atoms with Gasteiger partial charge in [0, 0.05) is 7.05 Å². The van der Waals surface area contributed by atoms with Gasteiger partial charge in [-0.15, -0.1) is 5.10 Å². The molecule has 1 heterocycles. The second kappa shape index (κ2) is 3.75. The van der Waals surface area contributed by atoms with Gasteiger partial charge in [0.1, 0.15) is 5.69 Å². The first-order chi connectivity index (χ1) is 7.09. The van der Waals surface area contributed by atoms with E-state index in [1.54, 1.807) is 0 Å². The van der Waals surface area contributed by atoms with Crippen molar-refractivity contribution >= 4 is 21.7 Å². The predicted molar refractivity (Wildman–Crippen MR) is 44.0 cm³/mol. The van der Waals surface area contributed by atoms with Crippen molar-refractivity contribution < 1.29 is 26.7 Å². The molecule has 1 rings (SSSR count). The molecule has 0 unspecified atom stereocenters. The van der Waals surface area contributed by atoms with Gasteiger partial charge in [-0.05, 0) is 15.9 Å². The Labute approximate surface area is 93.5 Å². The summed E-state index contributed by atoms with van der Waals surface area (Å²) in [6.45, 7) is 0. The van der Waals surface area contributed by atoms with Gasteiger partial charge in [-0.1, -0.05) is 5.21 Å². The fraction of sp³-hybridized carbons (Fsp3) is 0.500. The second-order valence-electron chi connectivity index (χ2n) is 2.75. The molecule has 0 amide bonds. The lowest BCUT2D eigenvalue weighted by Gasteiger charge is -2.17. The van der Waals surface area contributed by atoms with E-state index in [0.29, 0.717) is 4.68 Å². The smallest absolute Gasteiger partial charge is 0.285 e. The van der Waals surface area contributed by atoms with Crippen LogP contribution in [0.2, 0.25) is 0 Å². The van der Waals surface area contributed by atoms with E-state index in [-0.39, 0.29) is 0 Å². The number of carbonyl (C=O) groups excluding carboxylic acids is 1. The summed E-state index contributed by atoms with van der Waals surface area (Å²) in [5, 5.41) is 6.27. The summed E-state index contributed by atoms with van der Waals surface area (Å²) < 4.78 is 61.1. The maximum Gasteiger partial charge on any atom is 0.461 e. The predicted octanol–water partition coefficient (Wildman–Crippen LogP) is 1.96. The lowest BCUT2D eigenvalue weighted by Crippen LogP contribution is -2.44. The molecule has 0 fully saturated rings. The molecule has 0 aromatic carbocycles. The van der Waals surface area contributed by atoms with Gasteiger partial charge < -0.3 is 0 Å². The topological polar surface area (TPSA) is 47.8 Å². The molecule has 0 aliphatic rings. The number of hydrogen-bond donors (Lipinski definition) is 0. The third-order valence-corrected chi connectivity index (χ3v) is 2.18. The van der Waals surface area contributed by atoms with Crippen LogP contribution in [0.15, 0.2) is 4.60 Å². The highest BCUT2D eigenvalue weighted by Gasteiger charge is 2.64. The molecule has 0 saturated carbocycles.